The third-order valence-corrected chi connectivity index (χ3v) is 4.23. The van der Waals surface area contributed by atoms with Crippen LogP contribution in [0.5, 0.6) is 0 Å². The maximum Gasteiger partial charge on any atom is 0.255 e. The molecule has 2 N–H and O–H groups in total. The Bertz CT molecular complexity index is 846. The quantitative estimate of drug-likeness (QED) is 0.711. The molecule has 0 aliphatic rings. The van der Waals surface area contributed by atoms with Gasteiger partial charge in [-0.3, -0.25) is 9.89 Å². The van der Waals surface area contributed by atoms with Crippen LogP contribution in [-0.4, -0.2) is 22.6 Å². The highest BCUT2D eigenvalue weighted by Crippen LogP contribution is 2.22. The number of carbonyl (C=O) groups excluding carboxylic acids is 1. The topological polar surface area (TPSA) is 57.8 Å². The van der Waals surface area contributed by atoms with Crippen molar-refractivity contribution in [1.29, 1.82) is 0 Å². The molecule has 0 saturated heterocycles. The van der Waals surface area contributed by atoms with Crippen LogP contribution in [-0.2, 0) is 6.42 Å². The average molecular weight is 360 g/mol. The summed E-state index contributed by atoms with van der Waals surface area (Å²) in [7, 11) is 0. The van der Waals surface area contributed by atoms with Gasteiger partial charge in [0.1, 0.15) is 0 Å². The van der Waals surface area contributed by atoms with Gasteiger partial charge in [-0.15, -0.1) is 0 Å². The molecule has 0 aliphatic carbocycles. The molecule has 0 atom stereocenters. The van der Waals surface area contributed by atoms with Crippen LogP contribution in [0.1, 0.15) is 15.9 Å². The number of nitrogens with one attached hydrogen (secondary N) is 2. The summed E-state index contributed by atoms with van der Waals surface area (Å²) in [6, 6.07) is 15.0. The molecule has 1 aromatic heterocycles. The highest BCUT2D eigenvalue weighted by Gasteiger charge is 2.14. The zero-order chi connectivity index (χ0) is 16.9. The molecule has 1 heterocycles. The number of halogens is 2. The van der Waals surface area contributed by atoms with Crippen LogP contribution in [0.3, 0.4) is 0 Å². The van der Waals surface area contributed by atoms with Crippen LogP contribution in [0.4, 0.5) is 0 Å². The van der Waals surface area contributed by atoms with Gasteiger partial charge in [0.05, 0.1) is 17.5 Å². The third-order valence-electron chi connectivity index (χ3n) is 3.64. The van der Waals surface area contributed by atoms with E-state index in [0.717, 1.165) is 11.1 Å². The second-order valence-corrected chi connectivity index (χ2v) is 6.11. The predicted octanol–water partition coefficient (Wildman–Crippen LogP) is 4.36. The fourth-order valence-electron chi connectivity index (χ4n) is 2.41. The number of hydrogen-bond acceptors (Lipinski definition) is 2. The SMILES string of the molecule is O=C(NCCc1ccc(Cl)cc1Cl)c1cn[nH]c1-c1ccccc1. The number of amides is 1. The third kappa shape index (κ3) is 3.78. The maximum absolute atomic E-state index is 12.4. The van der Waals surface area contributed by atoms with Crippen LogP contribution in [0.15, 0.2) is 54.7 Å². The first-order valence-electron chi connectivity index (χ1n) is 7.46. The summed E-state index contributed by atoms with van der Waals surface area (Å²) in [5, 5.41) is 11.0. The molecule has 0 bridgehead atoms. The Balaban J connectivity index is 1.65. The Kier molecular flexibility index (Phi) is 5.18. The summed E-state index contributed by atoms with van der Waals surface area (Å²) in [6.45, 7) is 0.472. The molecule has 0 spiro atoms. The molecule has 6 heteroatoms. The first-order valence-corrected chi connectivity index (χ1v) is 8.21. The Morgan fingerprint density at radius 1 is 1.12 bits per heavy atom. The summed E-state index contributed by atoms with van der Waals surface area (Å²) in [5.41, 5.74) is 3.08. The van der Waals surface area contributed by atoms with E-state index < -0.39 is 0 Å². The lowest BCUT2D eigenvalue weighted by molar-refractivity contribution is 0.0955. The van der Waals surface area contributed by atoms with Crippen molar-refractivity contribution < 1.29 is 4.79 Å². The number of carbonyl (C=O) groups is 1. The number of rotatable bonds is 5. The van der Waals surface area contributed by atoms with E-state index in [9.17, 15) is 4.79 Å². The van der Waals surface area contributed by atoms with E-state index in [1.54, 1.807) is 12.1 Å². The van der Waals surface area contributed by atoms with Crippen molar-refractivity contribution in [3.8, 4) is 11.3 Å². The van der Waals surface area contributed by atoms with E-state index in [0.29, 0.717) is 34.3 Å². The molecule has 4 nitrogen and oxygen atoms in total. The monoisotopic (exact) mass is 359 g/mol. The lowest BCUT2D eigenvalue weighted by Crippen LogP contribution is -2.25. The van der Waals surface area contributed by atoms with Gasteiger partial charge < -0.3 is 5.32 Å². The minimum absolute atomic E-state index is 0.173. The van der Waals surface area contributed by atoms with Crippen LogP contribution in [0.2, 0.25) is 10.0 Å². The van der Waals surface area contributed by atoms with Gasteiger partial charge in [0.15, 0.2) is 0 Å². The second-order valence-electron chi connectivity index (χ2n) is 5.27. The second kappa shape index (κ2) is 7.51. The molecule has 0 unspecified atom stereocenters. The van der Waals surface area contributed by atoms with E-state index in [1.807, 2.05) is 36.4 Å². The minimum Gasteiger partial charge on any atom is -0.352 e. The van der Waals surface area contributed by atoms with Gasteiger partial charge in [0.2, 0.25) is 0 Å². The van der Waals surface area contributed by atoms with E-state index in [4.69, 9.17) is 23.2 Å². The van der Waals surface area contributed by atoms with Crippen LogP contribution >= 0.6 is 23.2 Å². The molecule has 3 aromatic rings. The molecule has 0 fully saturated rings. The first kappa shape index (κ1) is 16.6. The van der Waals surface area contributed by atoms with Crippen molar-refractivity contribution in [2.45, 2.75) is 6.42 Å². The zero-order valence-electron chi connectivity index (χ0n) is 12.7. The van der Waals surface area contributed by atoms with Gasteiger partial charge >= 0.3 is 0 Å². The predicted molar refractivity (Wildman–Crippen MR) is 96.5 cm³/mol. The largest absolute Gasteiger partial charge is 0.352 e. The van der Waals surface area contributed by atoms with Gasteiger partial charge in [-0.1, -0.05) is 59.6 Å². The van der Waals surface area contributed by atoms with E-state index in [1.165, 1.54) is 6.20 Å². The van der Waals surface area contributed by atoms with Gasteiger partial charge in [-0.2, -0.15) is 5.10 Å². The Labute approximate surface area is 149 Å². The molecular weight excluding hydrogens is 345 g/mol. The molecule has 24 heavy (non-hydrogen) atoms. The molecule has 0 saturated carbocycles. The standard InChI is InChI=1S/C18H15Cl2N3O/c19-14-7-6-12(16(20)10-14)8-9-21-18(24)15-11-22-23-17(15)13-4-2-1-3-5-13/h1-7,10-11H,8-9H2,(H,21,24)(H,22,23). The fraction of sp³-hybridized carbons (Fsp3) is 0.111. The number of benzene rings is 2. The molecule has 0 radical (unpaired) electrons. The summed E-state index contributed by atoms with van der Waals surface area (Å²) in [4.78, 5) is 12.4. The summed E-state index contributed by atoms with van der Waals surface area (Å²) >= 11 is 12.0. The van der Waals surface area contributed by atoms with Gasteiger partial charge in [0.25, 0.3) is 5.91 Å². The van der Waals surface area contributed by atoms with Crippen molar-refractivity contribution in [2.75, 3.05) is 6.54 Å². The Morgan fingerprint density at radius 2 is 1.92 bits per heavy atom. The molecule has 3 rings (SSSR count). The molecule has 2 aromatic carbocycles. The lowest BCUT2D eigenvalue weighted by atomic mass is 10.1. The molecule has 1 amide bonds. The van der Waals surface area contributed by atoms with Crippen molar-refractivity contribution in [3.05, 3.63) is 75.9 Å². The number of nitrogens with zero attached hydrogens (tertiary/aromatic N) is 1. The Hall–Kier alpha value is -2.30. The fourth-order valence-corrected chi connectivity index (χ4v) is 2.92. The van der Waals surface area contributed by atoms with Crippen molar-refractivity contribution in [3.63, 3.8) is 0 Å². The summed E-state index contributed by atoms with van der Waals surface area (Å²) in [5.74, 6) is -0.173. The maximum atomic E-state index is 12.4. The molecule has 122 valence electrons. The zero-order valence-corrected chi connectivity index (χ0v) is 14.2. The summed E-state index contributed by atoms with van der Waals surface area (Å²) in [6.07, 6.45) is 2.16. The van der Waals surface area contributed by atoms with Crippen LogP contribution < -0.4 is 5.32 Å². The normalized spacial score (nSPS) is 10.6. The van der Waals surface area contributed by atoms with Gasteiger partial charge in [-0.25, -0.2) is 0 Å². The molecule has 0 aliphatic heterocycles. The molecular formula is C18H15Cl2N3O. The minimum atomic E-state index is -0.173. The number of aromatic nitrogens is 2. The number of H-pyrrole nitrogens is 1. The van der Waals surface area contributed by atoms with Gasteiger partial charge in [0, 0.05) is 22.2 Å². The first-order chi connectivity index (χ1) is 11.6. The number of aromatic amines is 1. The van der Waals surface area contributed by atoms with Gasteiger partial charge in [-0.05, 0) is 24.1 Å². The number of hydrogen-bond donors (Lipinski definition) is 2. The Morgan fingerprint density at radius 3 is 2.67 bits per heavy atom. The average Bonchev–Trinajstić information content (AvgIpc) is 3.07. The summed E-state index contributed by atoms with van der Waals surface area (Å²) < 4.78 is 0. The van der Waals surface area contributed by atoms with E-state index >= 15 is 0 Å². The highest BCUT2D eigenvalue weighted by atomic mass is 35.5. The van der Waals surface area contributed by atoms with Crippen molar-refractivity contribution >= 4 is 29.1 Å². The van der Waals surface area contributed by atoms with Crippen LogP contribution in [0.25, 0.3) is 11.3 Å². The van der Waals surface area contributed by atoms with E-state index in [-0.39, 0.29) is 5.91 Å². The van der Waals surface area contributed by atoms with Crippen LogP contribution in [0, 0.1) is 0 Å². The highest BCUT2D eigenvalue weighted by molar-refractivity contribution is 6.35. The smallest absolute Gasteiger partial charge is 0.255 e. The van der Waals surface area contributed by atoms with Crippen molar-refractivity contribution in [2.24, 2.45) is 0 Å². The van der Waals surface area contributed by atoms with Crippen molar-refractivity contribution in [1.82, 2.24) is 15.5 Å². The lowest BCUT2D eigenvalue weighted by Gasteiger charge is -2.07. The van der Waals surface area contributed by atoms with E-state index in [2.05, 4.69) is 15.5 Å².